The molecule has 0 amide bonds. The number of hydrogen-bond acceptors (Lipinski definition) is 2. The molecule has 0 aliphatic rings. The maximum absolute atomic E-state index is 11.8. The van der Waals surface area contributed by atoms with Crippen molar-refractivity contribution in [2.24, 2.45) is 0 Å². The lowest BCUT2D eigenvalue weighted by molar-refractivity contribution is 0.105. The average molecular weight is 291 g/mol. The monoisotopic (exact) mass is 290 g/mol. The quantitative estimate of drug-likeness (QED) is 0.578. The summed E-state index contributed by atoms with van der Waals surface area (Å²) in [5, 5.41) is 3.85. The Morgan fingerprint density at radius 3 is 2.75 bits per heavy atom. The summed E-state index contributed by atoms with van der Waals surface area (Å²) in [7, 11) is 0. The summed E-state index contributed by atoms with van der Waals surface area (Å²) in [5.74, 6) is 5.30. The van der Waals surface area contributed by atoms with Crippen molar-refractivity contribution in [3.05, 3.63) is 56.7 Å². The molecule has 1 aromatic heterocycles. The number of carbonyl (C=O) groups is 1. The van der Waals surface area contributed by atoms with Crippen molar-refractivity contribution in [1.29, 1.82) is 0 Å². The van der Waals surface area contributed by atoms with Crippen molar-refractivity contribution in [3.63, 3.8) is 0 Å². The molecule has 0 radical (unpaired) electrons. The SMILES string of the molecule is O=C(C#Cc1ccsc1)c1ccccc1Br. The smallest absolute Gasteiger partial charge is 0.237 e. The molecule has 0 saturated carbocycles. The van der Waals surface area contributed by atoms with Gasteiger partial charge in [-0.3, -0.25) is 4.79 Å². The summed E-state index contributed by atoms with van der Waals surface area (Å²) < 4.78 is 0.777. The number of halogens is 1. The van der Waals surface area contributed by atoms with Gasteiger partial charge in [0.25, 0.3) is 0 Å². The lowest BCUT2D eigenvalue weighted by Gasteiger charge is -1.96. The van der Waals surface area contributed by atoms with Gasteiger partial charge < -0.3 is 0 Å². The normalized spacial score (nSPS) is 9.31. The zero-order valence-corrected chi connectivity index (χ0v) is 10.6. The Labute approximate surface area is 106 Å². The van der Waals surface area contributed by atoms with Crippen molar-refractivity contribution in [3.8, 4) is 11.8 Å². The molecule has 2 aromatic rings. The lowest BCUT2D eigenvalue weighted by Crippen LogP contribution is -1.95. The maximum atomic E-state index is 11.8. The first-order chi connectivity index (χ1) is 7.77. The van der Waals surface area contributed by atoms with E-state index < -0.39 is 0 Å². The molecule has 1 nitrogen and oxygen atoms in total. The molecular weight excluding hydrogens is 284 g/mol. The van der Waals surface area contributed by atoms with Crippen LogP contribution in [0.1, 0.15) is 15.9 Å². The second kappa shape index (κ2) is 5.11. The standard InChI is InChI=1S/C13H7BrOS/c14-12-4-2-1-3-11(12)13(15)6-5-10-7-8-16-9-10/h1-4,7-9H. The van der Waals surface area contributed by atoms with E-state index in [-0.39, 0.29) is 5.78 Å². The molecule has 0 aliphatic heterocycles. The van der Waals surface area contributed by atoms with Gasteiger partial charge >= 0.3 is 0 Å². The van der Waals surface area contributed by atoms with Crippen LogP contribution < -0.4 is 0 Å². The summed E-state index contributed by atoms with van der Waals surface area (Å²) in [5.41, 5.74) is 1.48. The van der Waals surface area contributed by atoms with Gasteiger partial charge in [-0.2, -0.15) is 11.3 Å². The van der Waals surface area contributed by atoms with Crippen LogP contribution in [-0.4, -0.2) is 5.78 Å². The Kier molecular flexibility index (Phi) is 3.55. The minimum absolute atomic E-state index is 0.168. The van der Waals surface area contributed by atoms with Crippen LogP contribution in [0.2, 0.25) is 0 Å². The number of ketones is 1. The molecule has 0 N–H and O–H groups in total. The van der Waals surface area contributed by atoms with Gasteiger partial charge in [-0.1, -0.05) is 34.0 Å². The van der Waals surface area contributed by atoms with Gasteiger partial charge in [0.05, 0.1) is 0 Å². The Morgan fingerprint density at radius 2 is 2.06 bits per heavy atom. The van der Waals surface area contributed by atoms with E-state index in [0.717, 1.165) is 10.0 Å². The summed E-state index contributed by atoms with van der Waals surface area (Å²) in [6.07, 6.45) is 0. The number of rotatable bonds is 1. The first-order valence-electron chi connectivity index (χ1n) is 4.60. The Balaban J connectivity index is 2.24. The zero-order valence-electron chi connectivity index (χ0n) is 8.24. The molecule has 1 aromatic carbocycles. The van der Waals surface area contributed by atoms with Gasteiger partial charge in [-0.15, -0.1) is 0 Å². The third-order valence-corrected chi connectivity index (χ3v) is 3.33. The Hall–Kier alpha value is -1.37. The molecule has 0 aliphatic carbocycles. The van der Waals surface area contributed by atoms with Crippen LogP contribution >= 0.6 is 27.3 Å². The van der Waals surface area contributed by atoms with Gasteiger partial charge in [-0.05, 0) is 29.5 Å². The Bertz CT molecular complexity index is 561. The minimum Gasteiger partial charge on any atom is -0.279 e. The van der Waals surface area contributed by atoms with Crippen molar-refractivity contribution in [2.75, 3.05) is 0 Å². The molecule has 0 saturated heterocycles. The predicted molar refractivity (Wildman–Crippen MR) is 69.7 cm³/mol. The maximum Gasteiger partial charge on any atom is 0.237 e. The van der Waals surface area contributed by atoms with Gasteiger partial charge in [0.15, 0.2) is 0 Å². The van der Waals surface area contributed by atoms with E-state index in [1.54, 1.807) is 17.4 Å². The first-order valence-corrected chi connectivity index (χ1v) is 6.34. The van der Waals surface area contributed by atoms with Gasteiger partial charge in [0, 0.05) is 21.0 Å². The fourth-order valence-corrected chi connectivity index (χ4v) is 2.23. The number of thiophene rings is 1. The van der Waals surface area contributed by atoms with Crippen molar-refractivity contribution in [2.45, 2.75) is 0 Å². The minimum atomic E-state index is -0.168. The van der Waals surface area contributed by atoms with E-state index in [0.29, 0.717) is 5.56 Å². The molecule has 0 atom stereocenters. The first kappa shape index (κ1) is 11.1. The van der Waals surface area contributed by atoms with Crippen LogP contribution in [0.15, 0.2) is 45.6 Å². The van der Waals surface area contributed by atoms with E-state index in [2.05, 4.69) is 27.8 Å². The number of hydrogen-bond donors (Lipinski definition) is 0. The summed E-state index contributed by atoms with van der Waals surface area (Å²) in [6.45, 7) is 0. The highest BCUT2D eigenvalue weighted by molar-refractivity contribution is 9.10. The number of benzene rings is 1. The van der Waals surface area contributed by atoms with Crippen LogP contribution in [0.5, 0.6) is 0 Å². The highest BCUT2D eigenvalue weighted by Crippen LogP contribution is 2.16. The fraction of sp³-hybridized carbons (Fsp3) is 0. The fourth-order valence-electron chi connectivity index (χ4n) is 1.18. The van der Waals surface area contributed by atoms with Crippen LogP contribution in [0.25, 0.3) is 0 Å². The molecule has 0 unspecified atom stereocenters. The third kappa shape index (κ3) is 2.60. The van der Waals surface area contributed by atoms with Crippen molar-refractivity contribution >= 4 is 33.0 Å². The van der Waals surface area contributed by atoms with E-state index >= 15 is 0 Å². The molecule has 78 valence electrons. The largest absolute Gasteiger partial charge is 0.279 e. The van der Waals surface area contributed by atoms with E-state index in [1.165, 1.54) is 0 Å². The highest BCUT2D eigenvalue weighted by atomic mass is 79.9. The number of Topliss-reactive ketones (excluding diaryl/α,β-unsaturated/α-hetero) is 1. The summed E-state index contributed by atoms with van der Waals surface area (Å²) in [4.78, 5) is 11.8. The van der Waals surface area contributed by atoms with Crippen molar-refractivity contribution < 1.29 is 4.79 Å². The Morgan fingerprint density at radius 1 is 1.25 bits per heavy atom. The lowest BCUT2D eigenvalue weighted by atomic mass is 10.1. The summed E-state index contributed by atoms with van der Waals surface area (Å²) >= 11 is 4.90. The van der Waals surface area contributed by atoms with E-state index in [1.807, 2.05) is 35.0 Å². The summed E-state index contributed by atoms with van der Waals surface area (Å²) in [6, 6.07) is 9.18. The van der Waals surface area contributed by atoms with E-state index in [4.69, 9.17) is 0 Å². The molecule has 2 rings (SSSR count). The number of carbonyl (C=O) groups excluding carboxylic acids is 1. The van der Waals surface area contributed by atoms with Crippen molar-refractivity contribution in [1.82, 2.24) is 0 Å². The topological polar surface area (TPSA) is 17.1 Å². The highest BCUT2D eigenvalue weighted by Gasteiger charge is 2.05. The van der Waals surface area contributed by atoms with Gasteiger partial charge in [-0.25, -0.2) is 0 Å². The van der Waals surface area contributed by atoms with Crippen LogP contribution in [0.3, 0.4) is 0 Å². The molecule has 0 spiro atoms. The van der Waals surface area contributed by atoms with Crippen LogP contribution in [-0.2, 0) is 0 Å². The molecule has 0 fully saturated rings. The van der Waals surface area contributed by atoms with Crippen LogP contribution in [0.4, 0.5) is 0 Å². The van der Waals surface area contributed by atoms with E-state index in [9.17, 15) is 4.79 Å². The zero-order chi connectivity index (χ0) is 11.4. The van der Waals surface area contributed by atoms with Gasteiger partial charge in [0.1, 0.15) is 0 Å². The van der Waals surface area contributed by atoms with Crippen LogP contribution in [0, 0.1) is 11.8 Å². The molecule has 3 heteroatoms. The molecule has 1 heterocycles. The average Bonchev–Trinajstić information content (AvgIpc) is 2.79. The molecular formula is C13H7BrOS. The molecule has 0 bridgehead atoms. The van der Waals surface area contributed by atoms with Gasteiger partial charge in [0.2, 0.25) is 5.78 Å². The molecule has 16 heavy (non-hydrogen) atoms. The second-order valence-electron chi connectivity index (χ2n) is 3.07. The second-order valence-corrected chi connectivity index (χ2v) is 4.71. The third-order valence-electron chi connectivity index (χ3n) is 1.96. The predicted octanol–water partition coefficient (Wildman–Crippen LogP) is 3.75.